The predicted molar refractivity (Wildman–Crippen MR) is 81.7 cm³/mol. The minimum absolute atomic E-state index is 0.0694. The van der Waals surface area contributed by atoms with Crippen LogP contribution in [0.2, 0.25) is 0 Å². The topological polar surface area (TPSA) is 52.6 Å². The van der Waals surface area contributed by atoms with Crippen molar-refractivity contribution in [3.8, 4) is 0 Å². The third-order valence-electron chi connectivity index (χ3n) is 5.84. The second-order valence-electron chi connectivity index (χ2n) is 7.04. The highest BCUT2D eigenvalue weighted by Crippen LogP contribution is 2.57. The van der Waals surface area contributed by atoms with Crippen molar-refractivity contribution in [2.45, 2.75) is 43.6 Å². The molecule has 4 heteroatoms. The zero-order chi connectivity index (χ0) is 15.6. The van der Waals surface area contributed by atoms with Crippen LogP contribution >= 0.6 is 0 Å². The van der Waals surface area contributed by atoms with Crippen LogP contribution in [0.1, 0.15) is 42.7 Å². The number of hydrogen-bond donors (Lipinski definition) is 0. The van der Waals surface area contributed by atoms with Crippen molar-refractivity contribution >= 4 is 11.6 Å². The number of fused-ring (bicyclic) bond motifs is 3. The second kappa shape index (κ2) is 4.47. The Balaban J connectivity index is 1.80. The van der Waals surface area contributed by atoms with Gasteiger partial charge < -0.3 is 9.47 Å². The minimum Gasteiger partial charge on any atom is -0.465 e. The molecule has 4 nitrogen and oxygen atoms in total. The van der Waals surface area contributed by atoms with Gasteiger partial charge in [0.1, 0.15) is 11.4 Å². The molecular weight excluding hydrogens is 292 g/mol. The van der Waals surface area contributed by atoms with Gasteiger partial charge in [0.2, 0.25) is 0 Å². The standard InChI is InChI=1S/C19H18O4/c20-13-7-9-22-18-16(13)15-12-5-2-1-4-11(12)10-19(23-18)8-3-6-14(21)17(15)19/h1-2,4-5,15,17H,3,6-10H2. The van der Waals surface area contributed by atoms with E-state index in [0.29, 0.717) is 31.0 Å². The first kappa shape index (κ1) is 13.3. The van der Waals surface area contributed by atoms with E-state index >= 15 is 0 Å². The van der Waals surface area contributed by atoms with Gasteiger partial charge in [-0.3, -0.25) is 9.59 Å². The van der Waals surface area contributed by atoms with E-state index in [1.165, 1.54) is 5.56 Å². The zero-order valence-electron chi connectivity index (χ0n) is 12.8. The van der Waals surface area contributed by atoms with Crippen LogP contribution in [0, 0.1) is 5.92 Å². The average molecular weight is 310 g/mol. The van der Waals surface area contributed by atoms with Crippen molar-refractivity contribution in [2.75, 3.05) is 6.61 Å². The lowest BCUT2D eigenvalue weighted by Gasteiger charge is -2.54. The average Bonchev–Trinajstić information content (AvgIpc) is 2.54. The summed E-state index contributed by atoms with van der Waals surface area (Å²) in [7, 11) is 0. The highest BCUT2D eigenvalue weighted by atomic mass is 16.7. The van der Waals surface area contributed by atoms with Crippen LogP contribution in [-0.2, 0) is 25.5 Å². The molecule has 2 aliphatic heterocycles. The maximum atomic E-state index is 12.8. The zero-order valence-corrected chi connectivity index (χ0v) is 12.8. The van der Waals surface area contributed by atoms with Crippen LogP contribution in [0.15, 0.2) is 35.8 Å². The molecule has 3 unspecified atom stereocenters. The number of Topliss-reactive ketones (excluding diaryl/α,β-unsaturated/α-hetero) is 2. The molecule has 118 valence electrons. The van der Waals surface area contributed by atoms with E-state index in [9.17, 15) is 9.59 Å². The SMILES string of the molecule is O=C1CCOC2=C1C1c3ccccc3CC3(CCCC(=O)C13)O2. The summed E-state index contributed by atoms with van der Waals surface area (Å²) in [6.45, 7) is 0.376. The Kier molecular flexibility index (Phi) is 2.59. The fourth-order valence-corrected chi connectivity index (χ4v) is 4.96. The number of carbonyl (C=O) groups excluding carboxylic acids is 2. The number of carbonyl (C=O) groups is 2. The Bertz CT molecular complexity index is 762. The Hall–Kier alpha value is -2.10. The van der Waals surface area contributed by atoms with Crippen LogP contribution < -0.4 is 0 Å². The van der Waals surface area contributed by atoms with Gasteiger partial charge >= 0.3 is 0 Å². The molecule has 1 aromatic carbocycles. The number of ether oxygens (including phenoxy) is 2. The monoisotopic (exact) mass is 310 g/mol. The van der Waals surface area contributed by atoms with Crippen LogP contribution in [-0.4, -0.2) is 23.8 Å². The molecular formula is C19H18O4. The van der Waals surface area contributed by atoms with Crippen molar-refractivity contribution in [2.24, 2.45) is 5.92 Å². The lowest BCUT2D eigenvalue weighted by molar-refractivity contribution is -0.169. The Morgan fingerprint density at radius 2 is 2.00 bits per heavy atom. The summed E-state index contributed by atoms with van der Waals surface area (Å²) in [6, 6.07) is 8.17. The molecule has 0 amide bonds. The van der Waals surface area contributed by atoms with E-state index in [2.05, 4.69) is 12.1 Å². The van der Waals surface area contributed by atoms with Gasteiger partial charge in [-0.2, -0.15) is 0 Å². The molecule has 0 N–H and O–H groups in total. The summed E-state index contributed by atoms with van der Waals surface area (Å²) in [5, 5.41) is 0. The molecule has 0 saturated heterocycles. The summed E-state index contributed by atoms with van der Waals surface area (Å²) in [5.41, 5.74) is 2.39. The largest absolute Gasteiger partial charge is 0.465 e. The fraction of sp³-hybridized carbons (Fsp3) is 0.474. The maximum absolute atomic E-state index is 12.8. The highest BCUT2D eigenvalue weighted by Gasteiger charge is 2.60. The molecule has 4 aliphatic rings. The number of allylic oxidation sites excluding steroid dienone is 1. The summed E-state index contributed by atoms with van der Waals surface area (Å²) in [5.74, 6) is 0.271. The van der Waals surface area contributed by atoms with E-state index in [-0.39, 0.29) is 23.4 Å². The molecule has 2 aliphatic carbocycles. The first-order chi connectivity index (χ1) is 11.2. The molecule has 1 saturated carbocycles. The van der Waals surface area contributed by atoms with Crippen LogP contribution in [0.4, 0.5) is 0 Å². The molecule has 2 bridgehead atoms. The van der Waals surface area contributed by atoms with E-state index in [4.69, 9.17) is 9.47 Å². The van der Waals surface area contributed by atoms with Crippen molar-refractivity contribution in [3.63, 3.8) is 0 Å². The van der Waals surface area contributed by atoms with Crippen LogP contribution in [0.5, 0.6) is 0 Å². The maximum Gasteiger partial charge on any atom is 0.287 e. The first-order valence-electron chi connectivity index (χ1n) is 8.39. The third-order valence-corrected chi connectivity index (χ3v) is 5.84. The van der Waals surface area contributed by atoms with Gasteiger partial charge in [-0.05, 0) is 24.0 Å². The molecule has 3 atom stereocenters. The molecule has 0 radical (unpaired) electrons. The molecule has 5 rings (SSSR count). The smallest absolute Gasteiger partial charge is 0.287 e. The van der Waals surface area contributed by atoms with E-state index in [1.807, 2.05) is 12.1 Å². The number of ketones is 2. The summed E-state index contributed by atoms with van der Waals surface area (Å²) in [6.07, 6.45) is 3.38. The molecule has 0 spiro atoms. The predicted octanol–water partition coefficient (Wildman–Crippen LogP) is 2.67. The molecule has 1 aromatic rings. The third kappa shape index (κ3) is 1.66. The van der Waals surface area contributed by atoms with Gasteiger partial charge in [-0.15, -0.1) is 0 Å². The lowest BCUT2D eigenvalue weighted by atomic mass is 9.57. The first-order valence-corrected chi connectivity index (χ1v) is 8.39. The summed E-state index contributed by atoms with van der Waals surface area (Å²) >= 11 is 0. The Labute approximate surface area is 134 Å². The second-order valence-corrected chi connectivity index (χ2v) is 7.04. The van der Waals surface area contributed by atoms with Gasteiger partial charge in [0.25, 0.3) is 5.95 Å². The van der Waals surface area contributed by atoms with Gasteiger partial charge in [-0.25, -0.2) is 0 Å². The van der Waals surface area contributed by atoms with Crippen molar-refractivity contribution < 1.29 is 19.1 Å². The number of rotatable bonds is 0. The Morgan fingerprint density at radius 3 is 2.91 bits per heavy atom. The number of hydrogen-bond acceptors (Lipinski definition) is 4. The molecule has 2 heterocycles. The fourth-order valence-electron chi connectivity index (χ4n) is 4.96. The normalized spacial score (nSPS) is 34.8. The lowest BCUT2D eigenvalue weighted by Crippen LogP contribution is -2.58. The molecule has 1 fully saturated rings. The van der Waals surface area contributed by atoms with Crippen LogP contribution in [0.3, 0.4) is 0 Å². The number of benzene rings is 1. The van der Waals surface area contributed by atoms with E-state index < -0.39 is 5.60 Å². The Morgan fingerprint density at radius 1 is 1.13 bits per heavy atom. The van der Waals surface area contributed by atoms with Gasteiger partial charge in [0, 0.05) is 25.2 Å². The van der Waals surface area contributed by atoms with Gasteiger partial charge in [0.05, 0.1) is 18.1 Å². The molecule has 0 aromatic heterocycles. The van der Waals surface area contributed by atoms with Gasteiger partial charge in [-0.1, -0.05) is 24.3 Å². The molecule has 23 heavy (non-hydrogen) atoms. The minimum atomic E-state index is -0.523. The van der Waals surface area contributed by atoms with Crippen molar-refractivity contribution in [1.82, 2.24) is 0 Å². The van der Waals surface area contributed by atoms with Crippen molar-refractivity contribution in [1.29, 1.82) is 0 Å². The highest BCUT2D eigenvalue weighted by molar-refractivity contribution is 6.00. The van der Waals surface area contributed by atoms with E-state index in [1.54, 1.807) is 0 Å². The van der Waals surface area contributed by atoms with E-state index in [0.717, 1.165) is 24.8 Å². The van der Waals surface area contributed by atoms with Gasteiger partial charge in [0.15, 0.2) is 5.78 Å². The summed E-state index contributed by atoms with van der Waals surface area (Å²) in [4.78, 5) is 25.4. The van der Waals surface area contributed by atoms with Crippen LogP contribution in [0.25, 0.3) is 0 Å². The van der Waals surface area contributed by atoms with Crippen molar-refractivity contribution in [3.05, 3.63) is 46.9 Å². The quantitative estimate of drug-likeness (QED) is 0.739. The summed E-state index contributed by atoms with van der Waals surface area (Å²) < 4.78 is 12.0.